The normalized spacial score (nSPS) is 33.7. The summed E-state index contributed by atoms with van der Waals surface area (Å²) in [6.07, 6.45) is 7.89. The molecule has 0 saturated heterocycles. The molecule has 1 heterocycles. The Bertz CT molecular complexity index is 309. The second kappa shape index (κ2) is 4.22. The summed E-state index contributed by atoms with van der Waals surface area (Å²) in [4.78, 5) is 4.28. The van der Waals surface area contributed by atoms with Crippen molar-refractivity contribution >= 4 is 11.3 Å². The monoisotopic (exact) mass is 222 g/mol. The van der Waals surface area contributed by atoms with E-state index in [2.05, 4.69) is 15.7 Å². The lowest BCUT2D eigenvalue weighted by atomic mass is 9.89. The van der Waals surface area contributed by atoms with Gasteiger partial charge in [0.1, 0.15) is 5.01 Å². The fraction of sp³-hybridized carbons (Fsp3) is 0.750. The summed E-state index contributed by atoms with van der Waals surface area (Å²) in [5.74, 6) is 3.07. The Kier molecular flexibility index (Phi) is 2.76. The van der Waals surface area contributed by atoms with Crippen molar-refractivity contribution in [2.24, 2.45) is 17.8 Å². The van der Waals surface area contributed by atoms with Gasteiger partial charge in [-0.05, 0) is 43.6 Å². The lowest BCUT2D eigenvalue weighted by Crippen LogP contribution is -2.26. The molecule has 2 saturated carbocycles. The Morgan fingerprint density at radius 1 is 1.40 bits per heavy atom. The summed E-state index contributed by atoms with van der Waals surface area (Å²) in [6, 6.07) is 0. The highest BCUT2D eigenvalue weighted by Crippen LogP contribution is 2.47. The molecule has 0 amide bonds. The van der Waals surface area contributed by atoms with Crippen LogP contribution in [0.3, 0.4) is 0 Å². The molecule has 2 nitrogen and oxygen atoms in total. The maximum atomic E-state index is 4.28. The van der Waals surface area contributed by atoms with Crippen molar-refractivity contribution in [1.82, 2.24) is 10.3 Å². The molecule has 2 bridgehead atoms. The lowest BCUT2D eigenvalue weighted by molar-refractivity contribution is 0.318. The van der Waals surface area contributed by atoms with Gasteiger partial charge in [0.2, 0.25) is 0 Å². The molecular formula is C12H18N2S. The maximum absolute atomic E-state index is 4.28. The van der Waals surface area contributed by atoms with Gasteiger partial charge in [-0.1, -0.05) is 6.42 Å². The first-order valence-electron chi connectivity index (χ1n) is 6.01. The van der Waals surface area contributed by atoms with Gasteiger partial charge in [-0.15, -0.1) is 11.3 Å². The topological polar surface area (TPSA) is 24.9 Å². The largest absolute Gasteiger partial charge is 0.310 e. The molecule has 82 valence electrons. The Labute approximate surface area is 95.1 Å². The highest BCUT2D eigenvalue weighted by molar-refractivity contribution is 7.09. The molecule has 2 aliphatic rings. The standard InChI is InChI=1S/C12H18N2S/c1-2-10-5-9(1)6-11(10)7-13-8-12-14-3-4-15-12/h3-4,9-11,13H,1-2,5-8H2. The zero-order chi connectivity index (χ0) is 10.1. The SMILES string of the molecule is c1csc(CNCC2CC3CCC2C3)n1. The zero-order valence-corrected chi connectivity index (χ0v) is 9.80. The lowest BCUT2D eigenvalue weighted by Gasteiger charge is -2.21. The second-order valence-corrected chi connectivity index (χ2v) is 5.97. The van der Waals surface area contributed by atoms with Gasteiger partial charge in [0.25, 0.3) is 0 Å². The number of nitrogens with zero attached hydrogens (tertiary/aromatic N) is 1. The first-order valence-corrected chi connectivity index (χ1v) is 6.89. The van der Waals surface area contributed by atoms with Crippen LogP contribution in [0.25, 0.3) is 0 Å². The summed E-state index contributed by atoms with van der Waals surface area (Å²) in [5, 5.41) is 6.83. The van der Waals surface area contributed by atoms with Gasteiger partial charge < -0.3 is 5.32 Å². The number of aromatic nitrogens is 1. The number of rotatable bonds is 4. The molecule has 0 aliphatic heterocycles. The molecule has 0 aromatic carbocycles. The van der Waals surface area contributed by atoms with E-state index in [0.29, 0.717) is 0 Å². The summed E-state index contributed by atoms with van der Waals surface area (Å²) < 4.78 is 0. The van der Waals surface area contributed by atoms with E-state index in [1.165, 1.54) is 37.2 Å². The van der Waals surface area contributed by atoms with Gasteiger partial charge in [0, 0.05) is 18.1 Å². The molecule has 1 N–H and O–H groups in total. The number of nitrogens with one attached hydrogen (secondary N) is 1. The van der Waals surface area contributed by atoms with Crippen LogP contribution >= 0.6 is 11.3 Å². The molecule has 3 atom stereocenters. The highest BCUT2D eigenvalue weighted by atomic mass is 32.1. The highest BCUT2D eigenvalue weighted by Gasteiger charge is 2.38. The van der Waals surface area contributed by atoms with Crippen LogP contribution in [-0.4, -0.2) is 11.5 Å². The van der Waals surface area contributed by atoms with Crippen LogP contribution in [0.2, 0.25) is 0 Å². The molecular weight excluding hydrogens is 204 g/mol. The molecule has 0 spiro atoms. The average molecular weight is 222 g/mol. The van der Waals surface area contributed by atoms with Gasteiger partial charge in [0.15, 0.2) is 0 Å². The van der Waals surface area contributed by atoms with E-state index in [-0.39, 0.29) is 0 Å². The van der Waals surface area contributed by atoms with Crippen LogP contribution in [0.5, 0.6) is 0 Å². The minimum absolute atomic E-state index is 0.962. The van der Waals surface area contributed by atoms with Crippen molar-refractivity contribution in [3.8, 4) is 0 Å². The van der Waals surface area contributed by atoms with Crippen molar-refractivity contribution in [2.75, 3.05) is 6.54 Å². The summed E-state index contributed by atoms with van der Waals surface area (Å²) in [7, 11) is 0. The van der Waals surface area contributed by atoms with Crippen molar-refractivity contribution < 1.29 is 0 Å². The molecule has 2 fully saturated rings. The van der Waals surface area contributed by atoms with E-state index in [1.807, 2.05) is 6.20 Å². The molecule has 3 heteroatoms. The molecule has 15 heavy (non-hydrogen) atoms. The first kappa shape index (κ1) is 9.79. The van der Waals surface area contributed by atoms with Crippen LogP contribution in [0.15, 0.2) is 11.6 Å². The zero-order valence-electron chi connectivity index (χ0n) is 8.98. The van der Waals surface area contributed by atoms with Crippen molar-refractivity contribution in [3.05, 3.63) is 16.6 Å². The van der Waals surface area contributed by atoms with Gasteiger partial charge >= 0.3 is 0 Å². The summed E-state index contributed by atoms with van der Waals surface area (Å²) in [6.45, 7) is 2.17. The predicted molar refractivity (Wildman–Crippen MR) is 62.8 cm³/mol. The number of thiazole rings is 1. The third kappa shape index (κ3) is 2.08. The third-order valence-corrected chi connectivity index (χ3v) is 4.83. The van der Waals surface area contributed by atoms with Gasteiger partial charge in [-0.3, -0.25) is 0 Å². The van der Waals surface area contributed by atoms with E-state index < -0.39 is 0 Å². The Morgan fingerprint density at radius 3 is 3.07 bits per heavy atom. The minimum Gasteiger partial charge on any atom is -0.310 e. The van der Waals surface area contributed by atoms with Crippen LogP contribution in [0.1, 0.15) is 30.7 Å². The first-order chi connectivity index (χ1) is 7.42. The van der Waals surface area contributed by atoms with Crippen LogP contribution in [-0.2, 0) is 6.54 Å². The average Bonchev–Trinajstić information content (AvgIpc) is 2.93. The molecule has 2 aliphatic carbocycles. The molecule has 0 radical (unpaired) electrons. The quantitative estimate of drug-likeness (QED) is 0.847. The van der Waals surface area contributed by atoms with Crippen LogP contribution in [0, 0.1) is 17.8 Å². The minimum atomic E-state index is 0.962. The van der Waals surface area contributed by atoms with Crippen molar-refractivity contribution in [2.45, 2.75) is 32.2 Å². The van der Waals surface area contributed by atoms with E-state index >= 15 is 0 Å². The van der Waals surface area contributed by atoms with Gasteiger partial charge in [0.05, 0.1) is 0 Å². The van der Waals surface area contributed by atoms with E-state index in [0.717, 1.165) is 24.3 Å². The van der Waals surface area contributed by atoms with E-state index in [4.69, 9.17) is 0 Å². The van der Waals surface area contributed by atoms with E-state index in [1.54, 1.807) is 11.3 Å². The van der Waals surface area contributed by atoms with Gasteiger partial charge in [-0.25, -0.2) is 4.98 Å². The third-order valence-electron chi connectivity index (χ3n) is 4.05. The number of hydrogen-bond acceptors (Lipinski definition) is 3. The Hall–Kier alpha value is -0.410. The number of fused-ring (bicyclic) bond motifs is 2. The maximum Gasteiger partial charge on any atom is 0.106 e. The fourth-order valence-electron chi connectivity index (χ4n) is 3.33. The molecule has 1 aromatic rings. The van der Waals surface area contributed by atoms with Crippen molar-refractivity contribution in [3.63, 3.8) is 0 Å². The van der Waals surface area contributed by atoms with Crippen molar-refractivity contribution in [1.29, 1.82) is 0 Å². The fourth-order valence-corrected chi connectivity index (χ4v) is 3.92. The number of hydrogen-bond donors (Lipinski definition) is 1. The van der Waals surface area contributed by atoms with Crippen LogP contribution in [0.4, 0.5) is 0 Å². The molecule has 1 aromatic heterocycles. The summed E-state index contributed by atoms with van der Waals surface area (Å²) in [5.41, 5.74) is 0. The second-order valence-electron chi connectivity index (χ2n) is 4.99. The molecule has 3 unspecified atom stereocenters. The smallest absolute Gasteiger partial charge is 0.106 e. The predicted octanol–water partition coefficient (Wildman–Crippen LogP) is 2.67. The Morgan fingerprint density at radius 2 is 2.40 bits per heavy atom. The van der Waals surface area contributed by atoms with Crippen LogP contribution < -0.4 is 5.32 Å². The molecule has 3 rings (SSSR count). The Balaban J connectivity index is 1.43. The van der Waals surface area contributed by atoms with Gasteiger partial charge in [-0.2, -0.15) is 0 Å². The van der Waals surface area contributed by atoms with E-state index in [9.17, 15) is 0 Å². The summed E-state index contributed by atoms with van der Waals surface area (Å²) >= 11 is 1.75.